The van der Waals surface area contributed by atoms with Gasteiger partial charge in [-0.3, -0.25) is 10.2 Å². The van der Waals surface area contributed by atoms with Gasteiger partial charge in [0.1, 0.15) is 5.82 Å². The van der Waals surface area contributed by atoms with E-state index in [1.807, 2.05) is 12.1 Å². The zero-order chi connectivity index (χ0) is 20.7. The summed E-state index contributed by atoms with van der Waals surface area (Å²) in [5.41, 5.74) is 1.67. The minimum absolute atomic E-state index is 0.0588. The molecule has 0 aromatic carbocycles. The summed E-state index contributed by atoms with van der Waals surface area (Å²) in [5.74, 6) is -0.295. The monoisotopic (exact) mass is 410 g/mol. The Hall–Kier alpha value is -3.40. The number of aromatic carboxylic acids is 1. The number of carboxylic acids is 1. The molecule has 5 rings (SSSR count). The lowest BCUT2D eigenvalue weighted by atomic mass is 10.2. The number of carbonyl (C=O) groups excluding carboxylic acids is 1. The third-order valence-corrected chi connectivity index (χ3v) is 5.74. The number of urea groups is 1. The summed E-state index contributed by atoms with van der Waals surface area (Å²) in [7, 11) is 0. The predicted octanol–water partition coefficient (Wildman–Crippen LogP) is 1.64. The van der Waals surface area contributed by atoms with Crippen LogP contribution in [-0.4, -0.2) is 72.5 Å². The summed E-state index contributed by atoms with van der Waals surface area (Å²) < 4.78 is 5.40. The lowest BCUT2D eigenvalue weighted by molar-refractivity contribution is 0.0690. The minimum Gasteiger partial charge on any atom is -0.477 e. The van der Waals surface area contributed by atoms with E-state index in [9.17, 15) is 14.7 Å². The molecule has 10 heteroatoms. The van der Waals surface area contributed by atoms with Gasteiger partial charge in [-0.2, -0.15) is 0 Å². The number of hydrogen-bond donors (Lipinski definition) is 2. The van der Waals surface area contributed by atoms with Crippen molar-refractivity contribution in [2.45, 2.75) is 12.5 Å². The van der Waals surface area contributed by atoms with Crippen LogP contribution in [0.1, 0.15) is 16.9 Å². The van der Waals surface area contributed by atoms with E-state index >= 15 is 0 Å². The van der Waals surface area contributed by atoms with Gasteiger partial charge in [-0.1, -0.05) is 0 Å². The second kappa shape index (κ2) is 7.45. The number of nitrogens with one attached hydrogen (secondary N) is 1. The maximum atomic E-state index is 13.2. The second-order valence-corrected chi connectivity index (χ2v) is 7.53. The molecular formula is C20H22N6O4. The number of pyridine rings is 2. The molecule has 10 nitrogen and oxygen atoms in total. The highest BCUT2D eigenvalue weighted by Crippen LogP contribution is 2.39. The van der Waals surface area contributed by atoms with Crippen LogP contribution in [-0.2, 0) is 4.74 Å². The van der Waals surface area contributed by atoms with E-state index in [1.54, 1.807) is 17.2 Å². The first-order chi connectivity index (χ1) is 14.6. The molecule has 2 N–H and O–H groups in total. The quantitative estimate of drug-likeness (QED) is 0.786. The number of fused-ring (bicyclic) bond motifs is 4. The number of nitrogens with zero attached hydrogens (tertiary/aromatic N) is 5. The van der Waals surface area contributed by atoms with Crippen molar-refractivity contribution in [3.05, 3.63) is 36.2 Å². The van der Waals surface area contributed by atoms with Crippen molar-refractivity contribution in [2.24, 2.45) is 0 Å². The molecule has 0 saturated carbocycles. The van der Waals surface area contributed by atoms with Gasteiger partial charge in [0.25, 0.3) is 0 Å². The highest BCUT2D eigenvalue weighted by atomic mass is 16.5. The molecule has 5 heterocycles. The SMILES string of the molecule is O=C(O)c1ccc2c(n1)N(C(=O)Nc1cc(N3CCOCC3)ccn1)C1CCN2C1. The summed E-state index contributed by atoms with van der Waals surface area (Å²) in [6, 6.07) is 6.54. The third kappa shape index (κ3) is 3.28. The van der Waals surface area contributed by atoms with Crippen LogP contribution < -0.4 is 20.0 Å². The molecule has 30 heavy (non-hydrogen) atoms. The average molecular weight is 410 g/mol. The maximum absolute atomic E-state index is 13.2. The molecule has 3 aliphatic heterocycles. The Bertz CT molecular complexity index is 993. The largest absolute Gasteiger partial charge is 0.477 e. The summed E-state index contributed by atoms with van der Waals surface area (Å²) in [6.07, 6.45) is 2.47. The van der Waals surface area contributed by atoms with Crippen molar-refractivity contribution in [2.75, 3.05) is 59.4 Å². The number of aromatic nitrogens is 2. The first-order valence-corrected chi connectivity index (χ1v) is 9.98. The van der Waals surface area contributed by atoms with E-state index in [-0.39, 0.29) is 17.8 Å². The molecule has 2 bridgehead atoms. The van der Waals surface area contributed by atoms with Crippen LogP contribution in [0.15, 0.2) is 30.5 Å². The average Bonchev–Trinajstić information content (AvgIpc) is 3.18. The van der Waals surface area contributed by atoms with Crippen molar-refractivity contribution in [3.8, 4) is 0 Å². The first-order valence-electron chi connectivity index (χ1n) is 9.98. The van der Waals surface area contributed by atoms with Gasteiger partial charge in [0.2, 0.25) is 0 Å². The Morgan fingerprint density at radius 2 is 1.97 bits per heavy atom. The molecule has 0 aliphatic carbocycles. The lowest BCUT2D eigenvalue weighted by Crippen LogP contribution is -2.48. The van der Waals surface area contributed by atoms with Crippen molar-refractivity contribution in [1.29, 1.82) is 0 Å². The number of carbonyl (C=O) groups is 2. The van der Waals surface area contributed by atoms with Crippen LogP contribution in [0.5, 0.6) is 0 Å². The van der Waals surface area contributed by atoms with Gasteiger partial charge in [-0.05, 0) is 24.6 Å². The topological polar surface area (TPSA) is 111 Å². The molecule has 2 fully saturated rings. The van der Waals surface area contributed by atoms with Crippen molar-refractivity contribution in [1.82, 2.24) is 9.97 Å². The number of anilines is 4. The van der Waals surface area contributed by atoms with Crippen LogP contribution in [0.25, 0.3) is 0 Å². The Morgan fingerprint density at radius 3 is 2.77 bits per heavy atom. The van der Waals surface area contributed by atoms with Crippen molar-refractivity contribution in [3.63, 3.8) is 0 Å². The molecule has 2 aromatic heterocycles. The van der Waals surface area contributed by atoms with E-state index in [1.165, 1.54) is 6.07 Å². The standard InChI is InChI=1S/C20H22N6O4/c27-19(28)15-1-2-16-18(22-15)26(14-4-6-25(16)12-14)20(29)23-17-11-13(3-5-21-17)24-7-9-30-10-8-24/h1-3,5,11,14H,4,6-10,12H2,(H,27,28)(H,21,23,29). The number of ether oxygens (including phenoxy) is 1. The van der Waals surface area contributed by atoms with Gasteiger partial charge >= 0.3 is 12.0 Å². The molecule has 156 valence electrons. The van der Waals surface area contributed by atoms with Crippen LogP contribution >= 0.6 is 0 Å². The van der Waals surface area contributed by atoms with E-state index < -0.39 is 5.97 Å². The molecule has 1 atom stereocenters. The first kappa shape index (κ1) is 18.6. The molecule has 1 unspecified atom stereocenters. The highest BCUT2D eigenvalue weighted by Gasteiger charge is 2.40. The van der Waals surface area contributed by atoms with Gasteiger partial charge < -0.3 is 19.6 Å². The van der Waals surface area contributed by atoms with Crippen molar-refractivity contribution < 1.29 is 19.4 Å². The van der Waals surface area contributed by atoms with Crippen LogP contribution in [0.4, 0.5) is 27.8 Å². The normalized spacial score (nSPS) is 20.1. The van der Waals surface area contributed by atoms with Gasteiger partial charge in [0.05, 0.1) is 24.9 Å². The van der Waals surface area contributed by atoms with E-state index in [2.05, 4.69) is 25.1 Å². The molecule has 3 aliphatic rings. The third-order valence-electron chi connectivity index (χ3n) is 5.74. The molecule has 2 amide bonds. The Labute approximate surface area is 173 Å². The Morgan fingerprint density at radius 1 is 1.13 bits per heavy atom. The predicted molar refractivity (Wildman–Crippen MR) is 111 cm³/mol. The fourth-order valence-corrected chi connectivity index (χ4v) is 4.27. The summed E-state index contributed by atoms with van der Waals surface area (Å²) in [5, 5.41) is 12.2. The molecular weight excluding hydrogens is 388 g/mol. The molecule has 0 radical (unpaired) electrons. The smallest absolute Gasteiger partial charge is 0.354 e. The fraction of sp³-hybridized carbons (Fsp3) is 0.400. The van der Waals surface area contributed by atoms with Crippen LogP contribution in [0, 0.1) is 0 Å². The number of morpholine rings is 1. The Kier molecular flexibility index (Phi) is 4.62. The van der Waals surface area contributed by atoms with E-state index in [0.29, 0.717) is 31.4 Å². The summed E-state index contributed by atoms with van der Waals surface area (Å²) in [4.78, 5) is 39.1. The molecule has 2 aromatic rings. The second-order valence-electron chi connectivity index (χ2n) is 7.53. The summed E-state index contributed by atoms with van der Waals surface area (Å²) >= 11 is 0. The minimum atomic E-state index is -1.12. The fourth-order valence-electron chi connectivity index (χ4n) is 4.27. The number of rotatable bonds is 3. The van der Waals surface area contributed by atoms with Gasteiger partial charge in [-0.15, -0.1) is 0 Å². The van der Waals surface area contributed by atoms with Gasteiger partial charge in [0.15, 0.2) is 11.5 Å². The zero-order valence-corrected chi connectivity index (χ0v) is 16.3. The molecule has 0 spiro atoms. The molecule has 2 saturated heterocycles. The van der Waals surface area contributed by atoms with Gasteiger partial charge in [-0.25, -0.2) is 19.6 Å². The van der Waals surface area contributed by atoms with Gasteiger partial charge in [0, 0.05) is 44.1 Å². The lowest BCUT2D eigenvalue weighted by Gasteiger charge is -2.35. The van der Waals surface area contributed by atoms with Crippen LogP contribution in [0.2, 0.25) is 0 Å². The Balaban J connectivity index is 1.42. The highest BCUT2D eigenvalue weighted by molar-refractivity contribution is 6.04. The van der Waals surface area contributed by atoms with Crippen molar-refractivity contribution >= 4 is 35.0 Å². The maximum Gasteiger partial charge on any atom is 0.354 e. The van der Waals surface area contributed by atoms with E-state index in [4.69, 9.17) is 4.74 Å². The van der Waals surface area contributed by atoms with E-state index in [0.717, 1.165) is 37.4 Å². The van der Waals surface area contributed by atoms with Crippen LogP contribution in [0.3, 0.4) is 0 Å². The summed E-state index contributed by atoms with van der Waals surface area (Å²) in [6.45, 7) is 4.43. The number of carboxylic acid groups (broad SMARTS) is 1. The number of amides is 2. The zero-order valence-electron chi connectivity index (χ0n) is 16.3. The number of hydrogen-bond acceptors (Lipinski definition) is 7.